The molecular weight excluding hydrogens is 521 g/mol. The van der Waals surface area contributed by atoms with E-state index in [0.29, 0.717) is 25.9 Å². The molecule has 4 heterocycles. The summed E-state index contributed by atoms with van der Waals surface area (Å²) in [7, 11) is -7.89. The van der Waals surface area contributed by atoms with Crippen molar-refractivity contribution in [3.05, 3.63) is 49.1 Å². The second-order valence-corrected chi connectivity index (χ2v) is 12.7. The zero-order valence-electron chi connectivity index (χ0n) is 17.8. The Morgan fingerprint density at radius 3 is 1.35 bits per heavy atom. The van der Waals surface area contributed by atoms with Gasteiger partial charge in [-0.05, 0) is 0 Å². The molecule has 0 aliphatic carbocycles. The van der Waals surface area contributed by atoms with Gasteiger partial charge in [0.2, 0.25) is 0 Å². The lowest BCUT2D eigenvalue weighted by molar-refractivity contribution is -0.696. The molecule has 14 heteroatoms. The smallest absolute Gasteiger partial charge is 0.265 e. The molecule has 4 aromatic heterocycles. The highest BCUT2D eigenvalue weighted by molar-refractivity contribution is 7.86. The van der Waals surface area contributed by atoms with Crippen LogP contribution in [0.25, 0.3) is 30.8 Å². The highest BCUT2D eigenvalue weighted by atomic mass is 32.2. The minimum Gasteiger partial charge on any atom is -0.286 e. The molecule has 4 aromatic rings. The molecule has 10 nitrogen and oxygen atoms in total. The third-order valence-corrected chi connectivity index (χ3v) is 8.62. The first-order chi connectivity index (χ1) is 16.1. The Balaban J connectivity index is 1.40. The monoisotopic (exact) mass is 542 g/mol. The number of nitrogens with zero attached hydrogens (tertiary/aromatic N) is 4. The van der Waals surface area contributed by atoms with Gasteiger partial charge in [0.15, 0.2) is 34.4 Å². The fourth-order valence-electron chi connectivity index (χ4n) is 3.25. The van der Waals surface area contributed by atoms with Gasteiger partial charge < -0.3 is 0 Å². The van der Waals surface area contributed by atoms with Gasteiger partial charge in [-0.15, -0.1) is 0 Å². The maximum absolute atomic E-state index is 10.8. The number of aryl methyl sites for hydroxylation is 2. The molecule has 0 aliphatic rings. The van der Waals surface area contributed by atoms with E-state index >= 15 is 0 Å². The van der Waals surface area contributed by atoms with E-state index in [4.69, 9.17) is 19.1 Å². The Kier molecular flexibility index (Phi) is 7.35. The maximum atomic E-state index is 10.8. The molecule has 0 aromatic carbocycles. The Morgan fingerprint density at radius 2 is 1.03 bits per heavy atom. The highest BCUT2D eigenvalue weighted by Gasteiger charge is 2.15. The number of aromatic nitrogens is 4. The second kappa shape index (κ2) is 10.1. The summed E-state index contributed by atoms with van der Waals surface area (Å²) in [4.78, 5) is 11.1. The van der Waals surface area contributed by atoms with Gasteiger partial charge in [-0.25, -0.2) is 19.1 Å². The summed E-state index contributed by atoms with van der Waals surface area (Å²) in [6.45, 7) is 0.963. The van der Waals surface area contributed by atoms with E-state index in [-0.39, 0.29) is 11.5 Å². The first kappa shape index (κ1) is 24.8. The molecule has 0 bridgehead atoms. The molecule has 0 unspecified atom stereocenters. The summed E-state index contributed by atoms with van der Waals surface area (Å²) >= 11 is 2.98. The first-order valence-corrected chi connectivity index (χ1v) is 15.1. The van der Waals surface area contributed by atoms with Crippen LogP contribution >= 0.6 is 22.7 Å². The van der Waals surface area contributed by atoms with Crippen LogP contribution in [0.2, 0.25) is 0 Å². The molecule has 34 heavy (non-hydrogen) atoms. The van der Waals surface area contributed by atoms with Gasteiger partial charge in [0.25, 0.3) is 20.2 Å². The topological polar surface area (TPSA) is 142 Å². The fraction of sp³-hybridized carbons (Fsp3) is 0.300. The molecule has 0 atom stereocenters. The van der Waals surface area contributed by atoms with Crippen molar-refractivity contribution in [2.75, 3.05) is 11.5 Å². The Bertz CT molecular complexity index is 1350. The summed E-state index contributed by atoms with van der Waals surface area (Å²) in [5, 5.41) is 1.69. The lowest BCUT2D eigenvalue weighted by Crippen LogP contribution is -2.33. The number of fused-ring (bicyclic) bond motifs is 1. The van der Waals surface area contributed by atoms with Gasteiger partial charge in [-0.1, -0.05) is 22.7 Å². The van der Waals surface area contributed by atoms with Gasteiger partial charge in [0.05, 0.1) is 11.5 Å². The maximum Gasteiger partial charge on any atom is 0.265 e. The molecule has 0 saturated heterocycles. The molecule has 180 valence electrons. The van der Waals surface area contributed by atoms with Crippen LogP contribution in [0.15, 0.2) is 49.1 Å². The van der Waals surface area contributed by atoms with Crippen LogP contribution < -0.4 is 9.13 Å². The van der Waals surface area contributed by atoms with Crippen molar-refractivity contribution in [3.8, 4) is 21.1 Å². The normalized spacial score (nSPS) is 12.4. The van der Waals surface area contributed by atoms with E-state index in [1.807, 2.05) is 58.2 Å². The highest BCUT2D eigenvalue weighted by Crippen LogP contribution is 2.36. The van der Waals surface area contributed by atoms with Crippen LogP contribution in [0, 0.1) is 0 Å². The third-order valence-electron chi connectivity index (χ3n) is 4.89. The number of rotatable bonds is 10. The van der Waals surface area contributed by atoms with Gasteiger partial charge in [-0.3, -0.25) is 9.11 Å². The van der Waals surface area contributed by atoms with Gasteiger partial charge in [0, 0.05) is 48.2 Å². The minimum atomic E-state index is -3.95. The van der Waals surface area contributed by atoms with Crippen LogP contribution in [0.5, 0.6) is 0 Å². The quantitative estimate of drug-likeness (QED) is 0.229. The largest absolute Gasteiger partial charge is 0.286 e. The standard InChI is InChI=1S/C20H20N4O6S4/c25-33(26,27)13-1-7-23-9-3-15(4-10-23)17-21-19-20(31-17)22-18(32-19)16-5-11-24(12-6-16)8-2-14-34(28,29)30/h3-6,9-12H,1-2,7-8,13-14H2/p+2. The zero-order chi connectivity index (χ0) is 24.3. The van der Waals surface area contributed by atoms with Gasteiger partial charge in [-0.2, -0.15) is 16.8 Å². The fourth-order valence-corrected chi connectivity index (χ4v) is 6.29. The van der Waals surface area contributed by atoms with Gasteiger partial charge >= 0.3 is 0 Å². The van der Waals surface area contributed by atoms with Crippen LogP contribution in [0.1, 0.15) is 12.8 Å². The lowest BCUT2D eigenvalue weighted by atomic mass is 10.3. The van der Waals surface area contributed by atoms with Crippen molar-refractivity contribution >= 4 is 52.6 Å². The van der Waals surface area contributed by atoms with E-state index in [2.05, 4.69) is 0 Å². The van der Waals surface area contributed by atoms with Crippen LogP contribution in [0.3, 0.4) is 0 Å². The van der Waals surface area contributed by atoms with Crippen LogP contribution in [-0.4, -0.2) is 47.4 Å². The van der Waals surface area contributed by atoms with Crippen molar-refractivity contribution in [2.24, 2.45) is 0 Å². The summed E-state index contributed by atoms with van der Waals surface area (Å²) in [6.07, 6.45) is 8.05. The van der Waals surface area contributed by atoms with E-state index in [0.717, 1.165) is 30.8 Å². The third kappa shape index (κ3) is 6.84. The molecule has 0 amide bonds. The van der Waals surface area contributed by atoms with Crippen molar-refractivity contribution in [2.45, 2.75) is 25.9 Å². The van der Waals surface area contributed by atoms with Crippen LogP contribution in [-0.2, 0) is 33.3 Å². The summed E-state index contributed by atoms with van der Waals surface area (Å²) < 4.78 is 64.6. The van der Waals surface area contributed by atoms with E-state index in [1.54, 1.807) is 0 Å². The predicted molar refractivity (Wildman–Crippen MR) is 129 cm³/mol. The van der Waals surface area contributed by atoms with Crippen molar-refractivity contribution in [1.82, 2.24) is 9.97 Å². The molecule has 0 saturated carbocycles. The van der Waals surface area contributed by atoms with E-state index in [1.165, 1.54) is 22.7 Å². The van der Waals surface area contributed by atoms with Gasteiger partial charge in [0.1, 0.15) is 23.1 Å². The zero-order valence-corrected chi connectivity index (χ0v) is 21.1. The molecule has 2 N–H and O–H groups in total. The molecule has 4 rings (SSSR count). The first-order valence-electron chi connectivity index (χ1n) is 10.2. The lowest BCUT2D eigenvalue weighted by Gasteiger charge is -1.99. The number of pyridine rings is 2. The average Bonchev–Trinajstić information content (AvgIpc) is 3.32. The Morgan fingerprint density at radius 1 is 0.676 bits per heavy atom. The molecule has 0 radical (unpaired) electrons. The molecular formula is C20H22N4O6S4+2. The minimum absolute atomic E-state index is 0.270. The second-order valence-electron chi connectivity index (χ2n) is 7.58. The summed E-state index contributed by atoms with van der Waals surface area (Å²) in [5.41, 5.74) is 1.88. The van der Waals surface area contributed by atoms with E-state index in [9.17, 15) is 16.8 Å². The van der Waals surface area contributed by atoms with Crippen molar-refractivity contribution in [1.29, 1.82) is 0 Å². The number of thiazole rings is 2. The molecule has 0 fully saturated rings. The average molecular weight is 543 g/mol. The SMILES string of the molecule is O=S(=O)(O)CCC[n+]1ccc(-c2nc3sc(-c4cc[n+](CCCS(=O)(=O)O)cc4)nc3s2)cc1. The summed E-state index contributed by atoms with van der Waals surface area (Å²) in [5.74, 6) is -0.540. The number of hydrogen-bond acceptors (Lipinski definition) is 8. The number of hydrogen-bond donors (Lipinski definition) is 2. The Hall–Kier alpha value is -2.36. The molecule has 0 aliphatic heterocycles. The summed E-state index contributed by atoms with van der Waals surface area (Å²) in [6, 6.07) is 7.65. The van der Waals surface area contributed by atoms with E-state index < -0.39 is 20.2 Å². The van der Waals surface area contributed by atoms with Crippen molar-refractivity contribution in [3.63, 3.8) is 0 Å². The van der Waals surface area contributed by atoms with Crippen LogP contribution in [0.4, 0.5) is 0 Å². The Labute approximate surface area is 204 Å². The predicted octanol–water partition coefficient (Wildman–Crippen LogP) is 2.22. The molecule has 0 spiro atoms. The van der Waals surface area contributed by atoms with Crippen molar-refractivity contribution < 1.29 is 35.1 Å².